The van der Waals surface area contributed by atoms with Gasteiger partial charge in [-0.1, -0.05) is 33.1 Å². The molecule has 1 saturated heterocycles. The van der Waals surface area contributed by atoms with E-state index in [1.54, 1.807) is 0 Å². The highest BCUT2D eigenvalue weighted by molar-refractivity contribution is 5.81. The van der Waals surface area contributed by atoms with Crippen molar-refractivity contribution in [3.8, 4) is 0 Å². The second-order valence-electron chi connectivity index (χ2n) is 6.63. The Balaban J connectivity index is 2.26. The van der Waals surface area contributed by atoms with Crippen molar-refractivity contribution in [2.75, 3.05) is 33.2 Å². The van der Waals surface area contributed by atoms with E-state index < -0.39 is 0 Å². The van der Waals surface area contributed by atoms with Gasteiger partial charge in [0.05, 0.1) is 6.04 Å². The molecule has 0 aromatic heterocycles. The van der Waals surface area contributed by atoms with Crippen LogP contribution in [0.15, 0.2) is 0 Å². The van der Waals surface area contributed by atoms with Crippen LogP contribution >= 0.6 is 0 Å². The van der Waals surface area contributed by atoms with E-state index in [4.69, 9.17) is 5.73 Å². The minimum absolute atomic E-state index is 0.168. The lowest BCUT2D eigenvalue weighted by atomic mass is 9.95. The summed E-state index contributed by atoms with van der Waals surface area (Å²) < 4.78 is 0. The molecule has 1 aliphatic heterocycles. The Kier molecular flexibility index (Phi) is 8.93. The number of carbonyl (C=O) groups is 1. The average Bonchev–Trinajstić information content (AvgIpc) is 2.50. The zero-order valence-corrected chi connectivity index (χ0v) is 14.3. The minimum atomic E-state index is -0.284. The molecule has 0 aromatic rings. The van der Waals surface area contributed by atoms with Crippen molar-refractivity contribution in [1.82, 2.24) is 9.80 Å². The lowest BCUT2D eigenvalue weighted by molar-refractivity contribution is -0.134. The first-order valence-electron chi connectivity index (χ1n) is 8.81. The summed E-state index contributed by atoms with van der Waals surface area (Å²) in [5, 5.41) is 0. The minimum Gasteiger partial charge on any atom is -0.341 e. The van der Waals surface area contributed by atoms with Gasteiger partial charge in [-0.05, 0) is 45.2 Å². The van der Waals surface area contributed by atoms with Crippen LogP contribution < -0.4 is 5.73 Å². The molecule has 0 spiro atoms. The fourth-order valence-corrected chi connectivity index (χ4v) is 3.08. The Hall–Kier alpha value is -0.610. The van der Waals surface area contributed by atoms with Gasteiger partial charge in [0.2, 0.25) is 5.91 Å². The monoisotopic (exact) mass is 297 g/mol. The molecule has 1 amide bonds. The third-order valence-electron chi connectivity index (χ3n) is 4.58. The van der Waals surface area contributed by atoms with Crippen molar-refractivity contribution in [2.45, 2.75) is 64.8 Å². The first-order valence-corrected chi connectivity index (χ1v) is 8.81. The van der Waals surface area contributed by atoms with Crippen LogP contribution in [0.1, 0.15) is 58.8 Å². The first kappa shape index (κ1) is 18.4. The third-order valence-corrected chi connectivity index (χ3v) is 4.58. The van der Waals surface area contributed by atoms with Crippen LogP contribution in [-0.4, -0.2) is 55.0 Å². The summed E-state index contributed by atoms with van der Waals surface area (Å²) in [7, 11) is 2.22. The Labute approximate surface area is 131 Å². The SMILES string of the molecule is CCCC[C@H](N)C(=O)N1CCC(CN(C)CCCC)CC1. The first-order chi connectivity index (χ1) is 10.1. The Bertz CT molecular complexity index is 288. The maximum atomic E-state index is 12.3. The predicted octanol–water partition coefficient (Wildman–Crippen LogP) is 2.47. The lowest BCUT2D eigenvalue weighted by Crippen LogP contribution is -2.48. The Morgan fingerprint density at radius 2 is 1.86 bits per heavy atom. The number of nitrogens with zero attached hydrogens (tertiary/aromatic N) is 2. The molecule has 0 aromatic carbocycles. The molecule has 0 unspecified atom stereocenters. The van der Waals surface area contributed by atoms with Crippen molar-refractivity contribution in [1.29, 1.82) is 0 Å². The molecule has 1 atom stereocenters. The summed E-state index contributed by atoms with van der Waals surface area (Å²) in [6, 6.07) is -0.284. The van der Waals surface area contributed by atoms with E-state index in [1.165, 1.54) is 25.9 Å². The summed E-state index contributed by atoms with van der Waals surface area (Å²) in [6.45, 7) is 8.52. The average molecular weight is 297 g/mol. The van der Waals surface area contributed by atoms with Gasteiger partial charge in [-0.2, -0.15) is 0 Å². The van der Waals surface area contributed by atoms with Crippen LogP contribution in [0.25, 0.3) is 0 Å². The predicted molar refractivity (Wildman–Crippen MR) is 89.2 cm³/mol. The largest absolute Gasteiger partial charge is 0.341 e. The van der Waals surface area contributed by atoms with Gasteiger partial charge < -0.3 is 15.5 Å². The normalized spacial score (nSPS) is 18.2. The maximum Gasteiger partial charge on any atom is 0.239 e. The van der Waals surface area contributed by atoms with E-state index >= 15 is 0 Å². The molecule has 1 rings (SSSR count). The Morgan fingerprint density at radius 3 is 2.43 bits per heavy atom. The highest BCUT2D eigenvalue weighted by Gasteiger charge is 2.26. The number of likely N-dealkylation sites (tertiary alicyclic amines) is 1. The van der Waals surface area contributed by atoms with Gasteiger partial charge in [0.15, 0.2) is 0 Å². The number of carbonyl (C=O) groups excluding carboxylic acids is 1. The summed E-state index contributed by atoms with van der Waals surface area (Å²) in [5.41, 5.74) is 6.00. The van der Waals surface area contributed by atoms with Crippen LogP contribution in [-0.2, 0) is 4.79 Å². The summed E-state index contributed by atoms with van der Waals surface area (Å²) >= 11 is 0. The lowest BCUT2D eigenvalue weighted by Gasteiger charge is -2.35. The molecule has 0 bridgehead atoms. The smallest absolute Gasteiger partial charge is 0.239 e. The van der Waals surface area contributed by atoms with Crippen molar-refractivity contribution in [3.05, 3.63) is 0 Å². The van der Waals surface area contributed by atoms with Crippen LogP contribution in [0.3, 0.4) is 0 Å². The molecule has 1 heterocycles. The molecule has 124 valence electrons. The molecular weight excluding hydrogens is 262 g/mol. The highest BCUT2D eigenvalue weighted by atomic mass is 16.2. The number of rotatable bonds is 9. The van der Waals surface area contributed by atoms with Crippen molar-refractivity contribution in [3.63, 3.8) is 0 Å². The molecule has 2 N–H and O–H groups in total. The van der Waals surface area contributed by atoms with Crippen LogP contribution in [0.2, 0.25) is 0 Å². The van der Waals surface area contributed by atoms with Crippen molar-refractivity contribution in [2.24, 2.45) is 11.7 Å². The second kappa shape index (κ2) is 10.2. The zero-order valence-electron chi connectivity index (χ0n) is 14.3. The van der Waals surface area contributed by atoms with Gasteiger partial charge in [0, 0.05) is 19.6 Å². The zero-order chi connectivity index (χ0) is 15.7. The van der Waals surface area contributed by atoms with E-state index in [1.807, 2.05) is 4.90 Å². The quantitative estimate of drug-likeness (QED) is 0.711. The number of unbranched alkanes of at least 4 members (excludes halogenated alkanes) is 2. The van der Waals surface area contributed by atoms with Gasteiger partial charge in [0.1, 0.15) is 0 Å². The molecular formula is C17H35N3O. The Morgan fingerprint density at radius 1 is 1.24 bits per heavy atom. The number of nitrogens with two attached hydrogens (primary N) is 1. The van der Waals surface area contributed by atoms with Crippen LogP contribution in [0.5, 0.6) is 0 Å². The number of hydrogen-bond acceptors (Lipinski definition) is 3. The van der Waals surface area contributed by atoms with Gasteiger partial charge in [-0.15, -0.1) is 0 Å². The van der Waals surface area contributed by atoms with Crippen LogP contribution in [0.4, 0.5) is 0 Å². The molecule has 1 aliphatic rings. The molecule has 0 aliphatic carbocycles. The van der Waals surface area contributed by atoms with Crippen molar-refractivity contribution < 1.29 is 4.79 Å². The van der Waals surface area contributed by atoms with Gasteiger partial charge in [0.25, 0.3) is 0 Å². The van der Waals surface area contributed by atoms with E-state index in [0.717, 1.165) is 51.1 Å². The molecule has 21 heavy (non-hydrogen) atoms. The number of amides is 1. The van der Waals surface area contributed by atoms with Crippen molar-refractivity contribution >= 4 is 5.91 Å². The topological polar surface area (TPSA) is 49.6 Å². The molecule has 4 heteroatoms. The van der Waals surface area contributed by atoms with E-state index in [2.05, 4.69) is 25.8 Å². The van der Waals surface area contributed by atoms with Gasteiger partial charge in [-0.25, -0.2) is 0 Å². The number of piperidine rings is 1. The standard InChI is InChI=1S/C17H35N3O/c1-4-6-8-16(18)17(21)20-12-9-15(10-13-20)14-19(3)11-7-5-2/h15-16H,4-14,18H2,1-3H3/t16-/m0/s1. The molecule has 4 nitrogen and oxygen atoms in total. The molecule has 0 radical (unpaired) electrons. The molecule has 1 fully saturated rings. The number of hydrogen-bond donors (Lipinski definition) is 1. The summed E-state index contributed by atoms with van der Waals surface area (Å²) in [5.74, 6) is 0.906. The van der Waals surface area contributed by atoms with Gasteiger partial charge in [-0.3, -0.25) is 4.79 Å². The van der Waals surface area contributed by atoms with E-state index in [0.29, 0.717) is 0 Å². The fraction of sp³-hybridized carbons (Fsp3) is 0.941. The third kappa shape index (κ3) is 6.79. The fourth-order valence-electron chi connectivity index (χ4n) is 3.08. The summed E-state index contributed by atoms with van der Waals surface area (Å²) in [6.07, 6.45) is 7.77. The highest BCUT2D eigenvalue weighted by Crippen LogP contribution is 2.19. The molecule has 0 saturated carbocycles. The summed E-state index contributed by atoms with van der Waals surface area (Å²) in [4.78, 5) is 16.7. The van der Waals surface area contributed by atoms with Crippen LogP contribution in [0, 0.1) is 5.92 Å². The van der Waals surface area contributed by atoms with E-state index in [-0.39, 0.29) is 11.9 Å². The van der Waals surface area contributed by atoms with Gasteiger partial charge >= 0.3 is 0 Å². The van der Waals surface area contributed by atoms with E-state index in [9.17, 15) is 4.79 Å². The maximum absolute atomic E-state index is 12.3. The second-order valence-corrected chi connectivity index (χ2v) is 6.63.